The molecule has 0 saturated carbocycles. The van der Waals surface area contributed by atoms with E-state index in [1.807, 2.05) is 0 Å². The van der Waals surface area contributed by atoms with E-state index in [9.17, 15) is 0 Å². The molecule has 0 bridgehead atoms. The Labute approximate surface area is 129 Å². The molecule has 112 valence electrons. The first-order valence-electron chi connectivity index (χ1n) is 7.59. The SMILES string of the molecule is c1ccc2c(-n3cnnc3CN3CCOCC3)cccc2c1. The summed E-state index contributed by atoms with van der Waals surface area (Å²) in [5.74, 6) is 0.971. The lowest BCUT2D eigenvalue weighted by Gasteiger charge is -2.26. The molecule has 1 fully saturated rings. The molecule has 0 amide bonds. The molecule has 0 aliphatic carbocycles. The minimum absolute atomic E-state index is 0.794. The zero-order valence-corrected chi connectivity index (χ0v) is 12.4. The Bertz CT molecular complexity index is 772. The summed E-state index contributed by atoms with van der Waals surface area (Å²) in [5.41, 5.74) is 1.13. The average Bonchev–Trinajstić information content (AvgIpc) is 3.03. The highest BCUT2D eigenvalue weighted by Crippen LogP contribution is 2.23. The van der Waals surface area contributed by atoms with Gasteiger partial charge in [0.25, 0.3) is 0 Å². The smallest absolute Gasteiger partial charge is 0.151 e. The summed E-state index contributed by atoms with van der Waals surface area (Å²) < 4.78 is 7.50. The molecule has 5 nitrogen and oxygen atoms in total. The molecule has 1 saturated heterocycles. The summed E-state index contributed by atoms with van der Waals surface area (Å²) in [7, 11) is 0. The minimum Gasteiger partial charge on any atom is -0.379 e. The zero-order chi connectivity index (χ0) is 14.8. The predicted octanol–water partition coefficient (Wildman–Crippen LogP) is 2.25. The largest absolute Gasteiger partial charge is 0.379 e. The van der Waals surface area contributed by atoms with Crippen molar-refractivity contribution in [1.29, 1.82) is 0 Å². The van der Waals surface area contributed by atoms with Gasteiger partial charge in [0.15, 0.2) is 5.82 Å². The maximum atomic E-state index is 5.41. The molecule has 0 atom stereocenters. The van der Waals surface area contributed by atoms with Crippen molar-refractivity contribution in [2.75, 3.05) is 26.3 Å². The zero-order valence-electron chi connectivity index (χ0n) is 12.4. The first-order chi connectivity index (χ1) is 10.9. The third-order valence-electron chi connectivity index (χ3n) is 4.11. The Morgan fingerprint density at radius 1 is 1.00 bits per heavy atom. The lowest BCUT2D eigenvalue weighted by atomic mass is 10.1. The number of fused-ring (bicyclic) bond motifs is 1. The Hall–Kier alpha value is -2.24. The summed E-state index contributed by atoms with van der Waals surface area (Å²) in [6, 6.07) is 14.7. The van der Waals surface area contributed by atoms with Crippen molar-refractivity contribution < 1.29 is 4.74 Å². The molecule has 2 heterocycles. The van der Waals surface area contributed by atoms with Crippen molar-refractivity contribution in [3.63, 3.8) is 0 Å². The average molecular weight is 294 g/mol. The molecular weight excluding hydrogens is 276 g/mol. The van der Waals surface area contributed by atoms with Crippen molar-refractivity contribution in [1.82, 2.24) is 19.7 Å². The molecule has 0 radical (unpaired) electrons. The molecule has 0 unspecified atom stereocenters. The molecule has 22 heavy (non-hydrogen) atoms. The van der Waals surface area contributed by atoms with Gasteiger partial charge in [-0.3, -0.25) is 9.47 Å². The number of morpholine rings is 1. The highest BCUT2D eigenvalue weighted by molar-refractivity contribution is 5.90. The molecule has 4 rings (SSSR count). The summed E-state index contributed by atoms with van der Waals surface area (Å²) in [6.45, 7) is 4.28. The van der Waals surface area contributed by atoms with Crippen LogP contribution in [0.15, 0.2) is 48.8 Å². The van der Waals surface area contributed by atoms with Crippen molar-refractivity contribution in [2.45, 2.75) is 6.54 Å². The Morgan fingerprint density at radius 2 is 1.82 bits per heavy atom. The van der Waals surface area contributed by atoms with Crippen molar-refractivity contribution in [3.05, 3.63) is 54.6 Å². The van der Waals surface area contributed by atoms with E-state index < -0.39 is 0 Å². The summed E-state index contributed by atoms with van der Waals surface area (Å²) in [5, 5.41) is 10.9. The molecule has 0 N–H and O–H groups in total. The van der Waals surface area contributed by atoms with E-state index in [-0.39, 0.29) is 0 Å². The number of nitrogens with zero attached hydrogens (tertiary/aromatic N) is 4. The Kier molecular flexibility index (Phi) is 3.58. The van der Waals surface area contributed by atoms with Crippen molar-refractivity contribution in [2.24, 2.45) is 0 Å². The lowest BCUT2D eigenvalue weighted by molar-refractivity contribution is 0.0328. The van der Waals surface area contributed by atoms with Crippen molar-refractivity contribution in [3.8, 4) is 5.69 Å². The van der Waals surface area contributed by atoms with Gasteiger partial charge < -0.3 is 4.74 Å². The number of benzene rings is 2. The minimum atomic E-state index is 0.794. The summed E-state index contributed by atoms with van der Waals surface area (Å²) >= 11 is 0. The fourth-order valence-corrected chi connectivity index (χ4v) is 2.95. The van der Waals surface area contributed by atoms with Crippen LogP contribution in [0.1, 0.15) is 5.82 Å². The number of aromatic nitrogens is 3. The molecule has 0 spiro atoms. The molecule has 3 aromatic rings. The van der Waals surface area contributed by atoms with E-state index >= 15 is 0 Å². The number of hydrogen-bond acceptors (Lipinski definition) is 4. The van der Waals surface area contributed by atoms with E-state index in [4.69, 9.17) is 4.74 Å². The van der Waals surface area contributed by atoms with Crippen LogP contribution in [0.5, 0.6) is 0 Å². The predicted molar refractivity (Wildman–Crippen MR) is 85.0 cm³/mol. The molecule has 1 aliphatic rings. The van der Waals surface area contributed by atoms with Gasteiger partial charge >= 0.3 is 0 Å². The molecule has 1 aromatic heterocycles. The Balaban J connectivity index is 1.71. The first-order valence-corrected chi connectivity index (χ1v) is 7.59. The third kappa shape index (κ3) is 2.49. The first kappa shape index (κ1) is 13.4. The highest BCUT2D eigenvalue weighted by atomic mass is 16.5. The second-order valence-corrected chi connectivity index (χ2v) is 5.50. The molecule has 1 aliphatic heterocycles. The van der Waals surface area contributed by atoms with E-state index in [0.717, 1.165) is 44.4 Å². The van der Waals surface area contributed by atoms with E-state index in [0.29, 0.717) is 0 Å². The molecule has 2 aromatic carbocycles. The normalized spacial score (nSPS) is 16.2. The second-order valence-electron chi connectivity index (χ2n) is 5.50. The maximum absolute atomic E-state index is 5.41. The molecule has 5 heteroatoms. The van der Waals surface area contributed by atoms with E-state index in [2.05, 4.69) is 62.1 Å². The Morgan fingerprint density at radius 3 is 2.73 bits per heavy atom. The van der Waals surface area contributed by atoms with Crippen LogP contribution in [0.3, 0.4) is 0 Å². The highest BCUT2D eigenvalue weighted by Gasteiger charge is 2.15. The summed E-state index contributed by atoms with van der Waals surface area (Å²) in [4.78, 5) is 2.36. The van der Waals surface area contributed by atoms with Crippen LogP contribution in [-0.2, 0) is 11.3 Å². The monoisotopic (exact) mass is 294 g/mol. The van der Waals surface area contributed by atoms with Gasteiger partial charge in [-0.1, -0.05) is 36.4 Å². The van der Waals surface area contributed by atoms with Gasteiger partial charge in [-0.05, 0) is 11.5 Å². The van der Waals surface area contributed by atoms with Crippen LogP contribution in [0.2, 0.25) is 0 Å². The quantitative estimate of drug-likeness (QED) is 0.743. The van der Waals surface area contributed by atoms with Crippen LogP contribution in [0.25, 0.3) is 16.5 Å². The van der Waals surface area contributed by atoms with Gasteiger partial charge in [-0.2, -0.15) is 0 Å². The van der Waals surface area contributed by atoms with Gasteiger partial charge in [0.05, 0.1) is 25.4 Å². The maximum Gasteiger partial charge on any atom is 0.151 e. The van der Waals surface area contributed by atoms with E-state index in [1.165, 1.54) is 10.8 Å². The second kappa shape index (κ2) is 5.87. The fraction of sp³-hybridized carbons (Fsp3) is 0.294. The van der Waals surface area contributed by atoms with Gasteiger partial charge in [0.1, 0.15) is 6.33 Å². The van der Waals surface area contributed by atoms with Crippen LogP contribution < -0.4 is 0 Å². The van der Waals surface area contributed by atoms with Crippen LogP contribution in [-0.4, -0.2) is 46.0 Å². The van der Waals surface area contributed by atoms with Gasteiger partial charge in [-0.25, -0.2) is 0 Å². The van der Waals surface area contributed by atoms with Crippen LogP contribution in [0.4, 0.5) is 0 Å². The topological polar surface area (TPSA) is 43.2 Å². The number of ether oxygens (including phenoxy) is 1. The van der Waals surface area contributed by atoms with Gasteiger partial charge in [0, 0.05) is 18.5 Å². The standard InChI is InChI=1S/C17H18N4O/c1-2-6-15-14(4-1)5-3-7-16(15)21-13-18-19-17(21)12-20-8-10-22-11-9-20/h1-7,13H,8-12H2. The number of rotatable bonds is 3. The van der Waals surface area contributed by atoms with Crippen LogP contribution >= 0.6 is 0 Å². The van der Waals surface area contributed by atoms with Gasteiger partial charge in [-0.15, -0.1) is 10.2 Å². The van der Waals surface area contributed by atoms with E-state index in [1.54, 1.807) is 6.33 Å². The fourth-order valence-electron chi connectivity index (χ4n) is 2.95. The van der Waals surface area contributed by atoms with Crippen molar-refractivity contribution >= 4 is 10.8 Å². The molecular formula is C17H18N4O. The number of hydrogen-bond donors (Lipinski definition) is 0. The third-order valence-corrected chi connectivity index (χ3v) is 4.11. The van der Waals surface area contributed by atoms with Gasteiger partial charge in [0.2, 0.25) is 0 Å². The lowest BCUT2D eigenvalue weighted by Crippen LogP contribution is -2.36. The summed E-state index contributed by atoms with van der Waals surface area (Å²) in [6.07, 6.45) is 1.80. The van der Waals surface area contributed by atoms with Crippen LogP contribution in [0, 0.1) is 0 Å².